The van der Waals surface area contributed by atoms with Gasteiger partial charge in [-0.1, -0.05) is 6.58 Å². The number of hydrogen-bond acceptors (Lipinski definition) is 4. The lowest BCUT2D eigenvalue weighted by Gasteiger charge is -1.97. The smallest absolute Gasteiger partial charge is 0.200 e. The molecule has 0 N–H and O–H groups in total. The van der Waals surface area contributed by atoms with Crippen LogP contribution in [-0.4, -0.2) is 26.8 Å². The van der Waals surface area contributed by atoms with E-state index in [0.29, 0.717) is 11.4 Å². The summed E-state index contributed by atoms with van der Waals surface area (Å²) < 4.78 is 5.04. The number of nitrogens with zero attached hydrogens (tertiary/aromatic N) is 4. The van der Waals surface area contributed by atoms with Crippen LogP contribution in [0.25, 0.3) is 0 Å². The summed E-state index contributed by atoms with van der Waals surface area (Å²) in [6.45, 7) is 9.22. The Balaban J connectivity index is 2.29. The van der Waals surface area contributed by atoms with Gasteiger partial charge in [0.2, 0.25) is 0 Å². The highest BCUT2D eigenvalue weighted by atomic mass is 16.5. The summed E-state index contributed by atoms with van der Waals surface area (Å²) in [5, 5.41) is 10.7. The first kappa shape index (κ1) is 8.86. The van der Waals surface area contributed by atoms with Gasteiger partial charge in [0.15, 0.2) is 5.82 Å². The van der Waals surface area contributed by atoms with E-state index in [1.54, 1.807) is 0 Å². The van der Waals surface area contributed by atoms with Crippen molar-refractivity contribution in [3.63, 3.8) is 0 Å². The topological polar surface area (TPSA) is 52.8 Å². The zero-order chi connectivity index (χ0) is 8.97. The molecule has 0 aliphatic heterocycles. The van der Waals surface area contributed by atoms with Crippen LogP contribution in [0.15, 0.2) is 12.2 Å². The van der Waals surface area contributed by atoms with Gasteiger partial charge < -0.3 is 4.74 Å². The number of tetrazole rings is 1. The molecule has 5 nitrogen and oxygen atoms in total. The number of aromatic nitrogens is 4. The third-order valence-corrected chi connectivity index (χ3v) is 0.988. The van der Waals surface area contributed by atoms with Gasteiger partial charge in [0, 0.05) is 0 Å². The molecule has 0 amide bonds. The molecular weight excluding hydrogens is 156 g/mol. The second-order valence-electron chi connectivity index (χ2n) is 2.18. The Labute approximate surface area is 71.0 Å². The van der Waals surface area contributed by atoms with Gasteiger partial charge in [0.05, 0.1) is 6.61 Å². The summed E-state index contributed by atoms with van der Waals surface area (Å²) in [7, 11) is 5.14. The van der Waals surface area contributed by atoms with Gasteiger partial charge in [-0.25, -0.2) is 0 Å². The van der Waals surface area contributed by atoms with Crippen LogP contribution in [0.2, 0.25) is 0 Å². The molecule has 0 bridgehead atoms. The van der Waals surface area contributed by atoms with E-state index in [0.717, 1.165) is 4.80 Å². The van der Waals surface area contributed by atoms with Gasteiger partial charge in [-0.2, -0.15) is 4.80 Å². The SMILES string of the molecule is [CH]C(=C)COCc1nnn([CH])n1. The van der Waals surface area contributed by atoms with Crippen LogP contribution in [0.4, 0.5) is 0 Å². The molecule has 1 heterocycles. The normalized spacial score (nSPS) is 10.2. The first-order valence-corrected chi connectivity index (χ1v) is 3.23. The highest BCUT2D eigenvalue weighted by Crippen LogP contribution is 1.93. The Hall–Kier alpha value is -1.23. The lowest BCUT2D eigenvalue weighted by molar-refractivity contribution is 0.138. The molecule has 0 saturated heterocycles. The van der Waals surface area contributed by atoms with Crippen LogP contribution in [0.5, 0.6) is 0 Å². The standard InChI is InChI=1S/C7H8N4O/c1-6(2)4-12-5-7-8-10-11(3)9-7/h1,3H,2,4-5H2. The molecule has 0 aliphatic rings. The van der Waals surface area contributed by atoms with Crippen molar-refractivity contribution in [1.82, 2.24) is 20.2 Å². The maximum atomic E-state index is 5.26. The molecule has 0 atom stereocenters. The van der Waals surface area contributed by atoms with Gasteiger partial charge in [-0.15, -0.1) is 10.2 Å². The van der Waals surface area contributed by atoms with Gasteiger partial charge >= 0.3 is 0 Å². The maximum absolute atomic E-state index is 5.26. The fourth-order valence-corrected chi connectivity index (χ4v) is 0.587. The minimum absolute atomic E-state index is 0.230. The van der Waals surface area contributed by atoms with E-state index in [2.05, 4.69) is 22.0 Å². The minimum atomic E-state index is 0.230. The summed E-state index contributed by atoms with van der Waals surface area (Å²) in [6.07, 6.45) is 0. The third-order valence-electron chi connectivity index (χ3n) is 0.988. The van der Waals surface area contributed by atoms with Gasteiger partial charge in [0.25, 0.3) is 0 Å². The fourth-order valence-electron chi connectivity index (χ4n) is 0.587. The summed E-state index contributed by atoms with van der Waals surface area (Å²) in [5.41, 5.74) is 0.454. The van der Waals surface area contributed by atoms with Crippen molar-refractivity contribution in [2.75, 3.05) is 6.61 Å². The highest BCUT2D eigenvalue weighted by Gasteiger charge is 1.99. The Kier molecular flexibility index (Phi) is 2.93. The van der Waals surface area contributed by atoms with E-state index in [-0.39, 0.29) is 13.2 Å². The van der Waals surface area contributed by atoms with Gasteiger partial charge in [-0.05, 0) is 17.7 Å². The lowest BCUT2D eigenvalue weighted by atomic mass is 10.4. The molecular formula is C7H8N4O. The largest absolute Gasteiger partial charge is 0.369 e. The van der Waals surface area contributed by atoms with Crippen molar-refractivity contribution in [2.45, 2.75) is 6.61 Å². The molecule has 0 unspecified atom stereocenters. The monoisotopic (exact) mass is 164 g/mol. The molecule has 1 aromatic heterocycles. The lowest BCUT2D eigenvalue weighted by Crippen LogP contribution is -1.98. The van der Waals surface area contributed by atoms with Crippen molar-refractivity contribution in [2.24, 2.45) is 0 Å². The third kappa shape index (κ3) is 2.79. The van der Waals surface area contributed by atoms with Gasteiger partial charge in [-0.3, -0.25) is 0 Å². The van der Waals surface area contributed by atoms with Crippen molar-refractivity contribution in [3.8, 4) is 0 Å². The zero-order valence-electron chi connectivity index (χ0n) is 6.47. The molecule has 62 valence electrons. The Morgan fingerprint density at radius 2 is 2.42 bits per heavy atom. The van der Waals surface area contributed by atoms with Crippen molar-refractivity contribution >= 4 is 0 Å². The van der Waals surface area contributed by atoms with Crippen molar-refractivity contribution in [1.29, 1.82) is 0 Å². The molecule has 0 aliphatic carbocycles. The second kappa shape index (κ2) is 3.96. The molecule has 0 saturated carbocycles. The predicted octanol–water partition coefficient (Wildman–Crippen LogP) is -0.0263. The van der Waals surface area contributed by atoms with Crippen LogP contribution in [0.1, 0.15) is 5.82 Å². The number of hydrogen-bond donors (Lipinski definition) is 0. The predicted molar refractivity (Wildman–Crippen MR) is 40.6 cm³/mol. The van der Waals surface area contributed by atoms with Crippen LogP contribution in [-0.2, 0) is 11.3 Å². The van der Waals surface area contributed by atoms with Crippen LogP contribution < -0.4 is 0 Å². The molecule has 5 heteroatoms. The van der Waals surface area contributed by atoms with Crippen molar-refractivity contribution < 1.29 is 4.74 Å². The first-order valence-electron chi connectivity index (χ1n) is 3.23. The van der Waals surface area contributed by atoms with Crippen LogP contribution >= 0.6 is 0 Å². The van der Waals surface area contributed by atoms with E-state index >= 15 is 0 Å². The number of ether oxygens (including phenoxy) is 1. The Morgan fingerprint density at radius 1 is 1.67 bits per heavy atom. The molecule has 4 radical (unpaired) electrons. The maximum Gasteiger partial charge on any atom is 0.200 e. The summed E-state index contributed by atoms with van der Waals surface area (Å²) in [4.78, 5) is 0.871. The number of rotatable bonds is 4. The molecule has 0 spiro atoms. The molecule has 1 rings (SSSR count). The quantitative estimate of drug-likeness (QED) is 0.627. The average Bonchev–Trinajstić information content (AvgIpc) is 2.35. The van der Waals surface area contributed by atoms with Crippen LogP contribution in [0, 0.1) is 14.0 Å². The van der Waals surface area contributed by atoms with E-state index in [4.69, 9.17) is 18.7 Å². The summed E-state index contributed by atoms with van der Waals surface area (Å²) in [6, 6.07) is 0. The summed E-state index contributed by atoms with van der Waals surface area (Å²) in [5.74, 6) is 0.416. The Morgan fingerprint density at radius 3 is 2.92 bits per heavy atom. The van der Waals surface area contributed by atoms with E-state index < -0.39 is 0 Å². The minimum Gasteiger partial charge on any atom is -0.369 e. The molecule has 0 fully saturated rings. The summed E-state index contributed by atoms with van der Waals surface area (Å²) >= 11 is 0. The van der Waals surface area contributed by atoms with E-state index in [1.165, 1.54) is 0 Å². The van der Waals surface area contributed by atoms with Crippen molar-refractivity contribution in [3.05, 3.63) is 31.9 Å². The molecule has 0 aromatic carbocycles. The molecule has 1 aromatic rings. The van der Waals surface area contributed by atoms with Crippen LogP contribution in [0.3, 0.4) is 0 Å². The van der Waals surface area contributed by atoms with E-state index in [1.807, 2.05) is 0 Å². The zero-order valence-corrected chi connectivity index (χ0v) is 6.47. The highest BCUT2D eigenvalue weighted by molar-refractivity contribution is 4.97. The molecule has 12 heavy (non-hydrogen) atoms. The Bertz CT molecular complexity index is 268. The van der Waals surface area contributed by atoms with E-state index in [9.17, 15) is 0 Å². The average molecular weight is 164 g/mol. The fraction of sp³-hybridized carbons (Fsp3) is 0.286. The second-order valence-corrected chi connectivity index (χ2v) is 2.18. The first-order chi connectivity index (χ1) is 5.68. The van der Waals surface area contributed by atoms with Gasteiger partial charge in [0.1, 0.15) is 13.7 Å².